The van der Waals surface area contributed by atoms with E-state index in [-0.39, 0.29) is 12.1 Å². The van der Waals surface area contributed by atoms with Gasteiger partial charge < -0.3 is 15.2 Å². The summed E-state index contributed by atoms with van der Waals surface area (Å²) in [5.74, 6) is 0.735. The topological polar surface area (TPSA) is 75.1 Å². The molecule has 2 amide bonds. The molecule has 24 heavy (non-hydrogen) atoms. The number of carbonyl (C=O) groups is 1. The number of hydrogen-bond donors (Lipinski definition) is 2. The molecule has 7 nitrogen and oxygen atoms in total. The van der Waals surface area contributed by atoms with Gasteiger partial charge in [0.2, 0.25) is 0 Å². The second kappa shape index (κ2) is 7.31. The van der Waals surface area contributed by atoms with Gasteiger partial charge in [0.05, 0.1) is 6.04 Å². The third-order valence-electron chi connectivity index (χ3n) is 4.50. The molecule has 1 aliphatic heterocycles. The Morgan fingerprint density at radius 1 is 1.46 bits per heavy atom. The third kappa shape index (κ3) is 3.76. The van der Waals surface area contributed by atoms with E-state index in [9.17, 15) is 4.79 Å². The van der Waals surface area contributed by atoms with Crippen LogP contribution in [0.25, 0.3) is 0 Å². The minimum atomic E-state index is -0.184. The lowest BCUT2D eigenvalue weighted by molar-refractivity contribution is 0.185. The van der Waals surface area contributed by atoms with E-state index < -0.39 is 0 Å². The Balaban J connectivity index is 1.45. The van der Waals surface area contributed by atoms with Crippen LogP contribution in [0.2, 0.25) is 0 Å². The summed E-state index contributed by atoms with van der Waals surface area (Å²) in [6, 6.07) is 2.15. The smallest absolute Gasteiger partial charge is 0.315 e. The summed E-state index contributed by atoms with van der Waals surface area (Å²) in [5.41, 5.74) is 1.43. The molecule has 2 aromatic rings. The van der Waals surface area contributed by atoms with Crippen LogP contribution in [0.5, 0.6) is 0 Å². The number of nitrogens with one attached hydrogen (secondary N) is 2. The van der Waals surface area contributed by atoms with Crippen LogP contribution >= 0.6 is 11.3 Å². The Hall–Kier alpha value is -1.93. The van der Waals surface area contributed by atoms with Crippen LogP contribution in [-0.2, 0) is 20.0 Å². The second-order valence-corrected chi connectivity index (χ2v) is 7.32. The van der Waals surface area contributed by atoms with Crippen LogP contribution in [-0.4, -0.2) is 44.8 Å². The molecular formula is C16H24N6OS. The molecule has 130 valence electrons. The fraction of sp³-hybridized carbons (Fsp3) is 0.562. The number of fused-ring (bicyclic) bond motifs is 1. The molecule has 0 saturated carbocycles. The lowest BCUT2D eigenvalue weighted by atomic mass is 10.1. The van der Waals surface area contributed by atoms with Crippen molar-refractivity contribution in [3.63, 3.8) is 0 Å². The SMILES string of the molecule is C[C@H](NC(=O)NC[C@@H](C)N1CCc2sccc2C1)c1nncn1C. The zero-order valence-corrected chi connectivity index (χ0v) is 15.1. The number of carbonyl (C=O) groups excluding carboxylic acids is 1. The van der Waals surface area contributed by atoms with Crippen molar-refractivity contribution >= 4 is 17.4 Å². The van der Waals surface area contributed by atoms with Crippen molar-refractivity contribution in [1.82, 2.24) is 30.3 Å². The van der Waals surface area contributed by atoms with E-state index in [0.717, 1.165) is 25.3 Å². The minimum absolute atomic E-state index is 0.175. The summed E-state index contributed by atoms with van der Waals surface area (Å²) in [6.07, 6.45) is 2.73. The highest BCUT2D eigenvalue weighted by Crippen LogP contribution is 2.24. The zero-order chi connectivity index (χ0) is 17.1. The Morgan fingerprint density at radius 2 is 2.29 bits per heavy atom. The van der Waals surface area contributed by atoms with Gasteiger partial charge in [-0.1, -0.05) is 0 Å². The third-order valence-corrected chi connectivity index (χ3v) is 5.52. The van der Waals surface area contributed by atoms with E-state index in [1.54, 1.807) is 10.9 Å². The summed E-state index contributed by atoms with van der Waals surface area (Å²) < 4.78 is 1.81. The predicted octanol–water partition coefficient (Wildman–Crippen LogP) is 1.68. The van der Waals surface area contributed by atoms with Gasteiger partial charge in [-0.3, -0.25) is 4.90 Å². The number of amides is 2. The van der Waals surface area contributed by atoms with E-state index in [4.69, 9.17) is 0 Å². The summed E-state index contributed by atoms with van der Waals surface area (Å²) in [4.78, 5) is 16.0. The quantitative estimate of drug-likeness (QED) is 0.862. The molecule has 3 rings (SSSR count). The predicted molar refractivity (Wildman–Crippen MR) is 93.8 cm³/mol. The molecule has 2 atom stereocenters. The Labute approximate surface area is 146 Å². The molecule has 0 bridgehead atoms. The highest BCUT2D eigenvalue weighted by Gasteiger charge is 2.22. The van der Waals surface area contributed by atoms with Gasteiger partial charge in [0, 0.05) is 37.6 Å². The van der Waals surface area contributed by atoms with Gasteiger partial charge in [0.1, 0.15) is 6.33 Å². The first kappa shape index (κ1) is 16.9. The van der Waals surface area contributed by atoms with Gasteiger partial charge in [0.25, 0.3) is 0 Å². The second-order valence-electron chi connectivity index (χ2n) is 6.31. The number of nitrogens with zero attached hydrogens (tertiary/aromatic N) is 4. The molecule has 0 saturated heterocycles. The number of urea groups is 1. The number of aryl methyl sites for hydroxylation is 1. The Bertz CT molecular complexity index is 696. The molecule has 0 fully saturated rings. The first-order chi connectivity index (χ1) is 11.5. The van der Waals surface area contributed by atoms with Crippen LogP contribution in [0.3, 0.4) is 0 Å². The van der Waals surface area contributed by atoms with Crippen LogP contribution in [0.4, 0.5) is 4.79 Å². The molecular weight excluding hydrogens is 324 g/mol. The molecule has 2 aromatic heterocycles. The Morgan fingerprint density at radius 3 is 3.04 bits per heavy atom. The first-order valence-corrected chi connectivity index (χ1v) is 9.10. The lowest BCUT2D eigenvalue weighted by Gasteiger charge is -2.32. The summed E-state index contributed by atoms with van der Waals surface area (Å²) in [7, 11) is 1.86. The highest BCUT2D eigenvalue weighted by atomic mass is 32.1. The molecule has 0 aliphatic carbocycles. The van der Waals surface area contributed by atoms with E-state index >= 15 is 0 Å². The van der Waals surface area contributed by atoms with Crippen LogP contribution in [0.1, 0.15) is 36.2 Å². The standard InChI is InChI=1S/C16H24N6OS/c1-11(22-6-4-14-13(9-22)5-7-24-14)8-17-16(23)19-12(2)15-20-18-10-21(15)3/h5,7,10-12H,4,6,8-9H2,1-3H3,(H2,17,19,23)/t11-,12+/m1/s1. The molecule has 2 N–H and O–H groups in total. The number of rotatable bonds is 5. The average molecular weight is 348 g/mol. The van der Waals surface area contributed by atoms with Crippen molar-refractivity contribution in [2.24, 2.45) is 7.05 Å². The van der Waals surface area contributed by atoms with Crippen molar-refractivity contribution in [3.05, 3.63) is 34.0 Å². The normalized spacial score (nSPS) is 17.1. The summed E-state index contributed by atoms with van der Waals surface area (Å²) >= 11 is 1.84. The lowest BCUT2D eigenvalue weighted by Crippen LogP contribution is -2.47. The van der Waals surface area contributed by atoms with Crippen molar-refractivity contribution in [3.8, 4) is 0 Å². The van der Waals surface area contributed by atoms with Gasteiger partial charge in [-0.25, -0.2) is 4.79 Å². The van der Waals surface area contributed by atoms with Crippen LogP contribution in [0.15, 0.2) is 17.8 Å². The van der Waals surface area contributed by atoms with Gasteiger partial charge in [0.15, 0.2) is 5.82 Å². The maximum absolute atomic E-state index is 12.1. The van der Waals surface area contributed by atoms with E-state index in [1.807, 2.05) is 25.3 Å². The number of hydrogen-bond acceptors (Lipinski definition) is 5. The summed E-state index contributed by atoms with van der Waals surface area (Å²) in [5, 5.41) is 15.9. The van der Waals surface area contributed by atoms with Gasteiger partial charge in [-0.05, 0) is 37.3 Å². The van der Waals surface area contributed by atoms with E-state index in [0.29, 0.717) is 12.6 Å². The molecule has 0 unspecified atom stereocenters. The zero-order valence-electron chi connectivity index (χ0n) is 14.3. The van der Waals surface area contributed by atoms with Crippen molar-refractivity contribution < 1.29 is 4.79 Å². The molecule has 8 heteroatoms. The molecule has 3 heterocycles. The molecule has 1 aliphatic rings. The van der Waals surface area contributed by atoms with Gasteiger partial charge >= 0.3 is 6.03 Å². The first-order valence-electron chi connectivity index (χ1n) is 8.22. The van der Waals surface area contributed by atoms with E-state index in [1.165, 1.54) is 10.4 Å². The average Bonchev–Trinajstić information content (AvgIpc) is 3.20. The van der Waals surface area contributed by atoms with Crippen LogP contribution < -0.4 is 10.6 Å². The maximum Gasteiger partial charge on any atom is 0.315 e. The molecule has 0 radical (unpaired) electrons. The fourth-order valence-corrected chi connectivity index (χ4v) is 3.90. The maximum atomic E-state index is 12.1. The summed E-state index contributed by atoms with van der Waals surface area (Å²) in [6.45, 7) is 6.70. The number of aromatic nitrogens is 3. The van der Waals surface area contributed by atoms with Crippen LogP contribution in [0, 0.1) is 0 Å². The highest BCUT2D eigenvalue weighted by molar-refractivity contribution is 7.10. The Kier molecular flexibility index (Phi) is 5.15. The monoisotopic (exact) mass is 348 g/mol. The van der Waals surface area contributed by atoms with Crippen molar-refractivity contribution in [2.75, 3.05) is 13.1 Å². The van der Waals surface area contributed by atoms with Gasteiger partial charge in [-0.15, -0.1) is 21.5 Å². The molecule has 0 spiro atoms. The van der Waals surface area contributed by atoms with Crippen molar-refractivity contribution in [1.29, 1.82) is 0 Å². The minimum Gasteiger partial charge on any atom is -0.337 e. The number of thiophene rings is 1. The largest absolute Gasteiger partial charge is 0.337 e. The van der Waals surface area contributed by atoms with Gasteiger partial charge in [-0.2, -0.15) is 0 Å². The van der Waals surface area contributed by atoms with E-state index in [2.05, 4.69) is 44.1 Å². The van der Waals surface area contributed by atoms with Crippen molar-refractivity contribution in [2.45, 2.75) is 38.9 Å². The fourth-order valence-electron chi connectivity index (χ4n) is 3.01. The molecule has 0 aromatic carbocycles.